The fourth-order valence-electron chi connectivity index (χ4n) is 3.17. The molecular weight excluding hydrogens is 418 g/mol. The van der Waals surface area contributed by atoms with E-state index < -0.39 is 17.5 Å². The maximum atomic E-state index is 12.2. The molecule has 168 valence electrons. The van der Waals surface area contributed by atoms with Gasteiger partial charge in [0, 0.05) is 17.7 Å². The van der Waals surface area contributed by atoms with Gasteiger partial charge >= 0.3 is 6.03 Å². The monoisotopic (exact) mass is 447 g/mol. The van der Waals surface area contributed by atoms with Gasteiger partial charge in [0.2, 0.25) is 5.91 Å². The average molecular weight is 448 g/mol. The molecule has 3 rings (SSSR count). The van der Waals surface area contributed by atoms with Crippen molar-refractivity contribution in [1.82, 2.24) is 25.4 Å². The molecule has 1 aromatic heterocycles. The van der Waals surface area contributed by atoms with Gasteiger partial charge in [-0.15, -0.1) is 10.2 Å². The van der Waals surface area contributed by atoms with E-state index in [1.165, 1.54) is 11.8 Å². The van der Waals surface area contributed by atoms with E-state index in [1.807, 2.05) is 49.6 Å². The summed E-state index contributed by atoms with van der Waals surface area (Å²) in [6.45, 7) is 6.89. The molecule has 1 saturated heterocycles. The Balaban J connectivity index is 1.72. The van der Waals surface area contributed by atoms with Crippen LogP contribution in [0.25, 0.3) is 11.4 Å². The standard InChI is InChI=1S/C21H29N5O4S/c1-21(2,3)23-19(28)22-17(27)13-31-20-25-24-18(14-7-9-15(29-4)10-8-14)26(20)12-16-6-5-11-30-16/h7-10,16H,5-6,11-13H2,1-4H3,(H2,22,23,27,28). The number of nitrogens with zero attached hydrogens (tertiary/aromatic N) is 3. The van der Waals surface area contributed by atoms with Gasteiger partial charge in [0.15, 0.2) is 11.0 Å². The molecule has 2 N–H and O–H groups in total. The van der Waals surface area contributed by atoms with Crippen molar-refractivity contribution >= 4 is 23.7 Å². The maximum Gasteiger partial charge on any atom is 0.321 e. The summed E-state index contributed by atoms with van der Waals surface area (Å²) >= 11 is 1.24. The SMILES string of the molecule is COc1ccc(-c2nnc(SCC(=O)NC(=O)NC(C)(C)C)n2CC2CCCO2)cc1. The molecule has 2 heterocycles. The molecule has 2 aromatic rings. The lowest BCUT2D eigenvalue weighted by molar-refractivity contribution is -0.117. The van der Waals surface area contributed by atoms with Gasteiger partial charge in [-0.2, -0.15) is 0 Å². The largest absolute Gasteiger partial charge is 0.497 e. The number of aromatic nitrogens is 3. The van der Waals surface area contributed by atoms with Crippen molar-refractivity contribution < 1.29 is 19.1 Å². The Bertz CT molecular complexity index is 901. The minimum absolute atomic E-state index is 0.0455. The van der Waals surface area contributed by atoms with Crippen molar-refractivity contribution in [3.8, 4) is 17.1 Å². The van der Waals surface area contributed by atoms with Gasteiger partial charge in [0.25, 0.3) is 0 Å². The molecule has 10 heteroatoms. The first-order valence-electron chi connectivity index (χ1n) is 10.2. The number of methoxy groups -OCH3 is 1. The predicted octanol–water partition coefficient (Wildman–Crippen LogP) is 2.85. The lowest BCUT2D eigenvalue weighted by atomic mass is 10.1. The number of nitrogens with one attached hydrogen (secondary N) is 2. The van der Waals surface area contributed by atoms with Crippen LogP contribution in [-0.2, 0) is 16.1 Å². The van der Waals surface area contributed by atoms with Gasteiger partial charge in [0.05, 0.1) is 25.5 Å². The Morgan fingerprint density at radius 1 is 1.26 bits per heavy atom. The molecule has 0 radical (unpaired) electrons. The van der Waals surface area contributed by atoms with Gasteiger partial charge in [0.1, 0.15) is 5.75 Å². The zero-order chi connectivity index (χ0) is 22.4. The van der Waals surface area contributed by atoms with E-state index in [-0.39, 0.29) is 11.9 Å². The molecule has 0 aliphatic carbocycles. The maximum absolute atomic E-state index is 12.2. The van der Waals surface area contributed by atoms with Crippen LogP contribution in [-0.4, -0.2) is 57.8 Å². The molecule has 0 bridgehead atoms. The summed E-state index contributed by atoms with van der Waals surface area (Å²) in [7, 11) is 1.62. The minimum Gasteiger partial charge on any atom is -0.497 e. The molecule has 1 aliphatic heterocycles. The average Bonchev–Trinajstić information content (AvgIpc) is 3.35. The van der Waals surface area contributed by atoms with Crippen molar-refractivity contribution in [3.05, 3.63) is 24.3 Å². The van der Waals surface area contributed by atoms with Crippen molar-refractivity contribution in [2.24, 2.45) is 0 Å². The normalized spacial score (nSPS) is 16.2. The second-order valence-electron chi connectivity index (χ2n) is 8.32. The van der Waals surface area contributed by atoms with Gasteiger partial charge in [-0.1, -0.05) is 11.8 Å². The molecular formula is C21H29N5O4S. The van der Waals surface area contributed by atoms with E-state index in [2.05, 4.69) is 20.8 Å². The summed E-state index contributed by atoms with van der Waals surface area (Å²) in [6, 6.07) is 7.07. The smallest absolute Gasteiger partial charge is 0.321 e. The highest BCUT2D eigenvalue weighted by atomic mass is 32.2. The molecule has 31 heavy (non-hydrogen) atoms. The second-order valence-corrected chi connectivity index (χ2v) is 9.26. The van der Waals surface area contributed by atoms with Crippen LogP contribution >= 0.6 is 11.8 Å². The first kappa shape index (κ1) is 23.1. The van der Waals surface area contributed by atoms with Crippen LogP contribution in [0.4, 0.5) is 4.79 Å². The Morgan fingerprint density at radius 3 is 2.61 bits per heavy atom. The van der Waals surface area contributed by atoms with Crippen LogP contribution in [0.5, 0.6) is 5.75 Å². The van der Waals surface area contributed by atoms with Crippen molar-refractivity contribution in [2.45, 2.75) is 57.0 Å². The first-order valence-corrected chi connectivity index (χ1v) is 11.2. The third kappa shape index (κ3) is 6.70. The molecule has 1 fully saturated rings. The van der Waals surface area contributed by atoms with E-state index in [0.29, 0.717) is 17.5 Å². The molecule has 0 spiro atoms. The zero-order valence-electron chi connectivity index (χ0n) is 18.3. The van der Waals surface area contributed by atoms with Crippen LogP contribution in [0, 0.1) is 0 Å². The Hall–Kier alpha value is -2.59. The topological polar surface area (TPSA) is 107 Å². The lowest BCUT2D eigenvalue weighted by Gasteiger charge is -2.20. The lowest BCUT2D eigenvalue weighted by Crippen LogP contribution is -2.48. The summed E-state index contributed by atoms with van der Waals surface area (Å²) in [5.74, 6) is 1.11. The van der Waals surface area contributed by atoms with Crippen LogP contribution in [0.3, 0.4) is 0 Å². The number of ether oxygens (including phenoxy) is 2. The number of benzene rings is 1. The molecule has 1 aliphatic rings. The van der Waals surface area contributed by atoms with Gasteiger partial charge < -0.3 is 14.8 Å². The highest BCUT2D eigenvalue weighted by molar-refractivity contribution is 7.99. The fraction of sp³-hybridized carbons (Fsp3) is 0.524. The van der Waals surface area contributed by atoms with E-state index in [0.717, 1.165) is 30.8 Å². The number of urea groups is 1. The van der Waals surface area contributed by atoms with Crippen LogP contribution < -0.4 is 15.4 Å². The quantitative estimate of drug-likeness (QED) is 0.629. The van der Waals surface area contributed by atoms with Crippen LogP contribution in [0.15, 0.2) is 29.4 Å². The highest BCUT2D eigenvalue weighted by Gasteiger charge is 2.23. The molecule has 0 saturated carbocycles. The fourth-order valence-corrected chi connectivity index (χ4v) is 3.92. The molecule has 3 amide bonds. The van der Waals surface area contributed by atoms with Crippen molar-refractivity contribution in [1.29, 1.82) is 0 Å². The zero-order valence-corrected chi connectivity index (χ0v) is 19.1. The first-order chi connectivity index (χ1) is 14.7. The van der Waals surface area contributed by atoms with Gasteiger partial charge in [-0.3, -0.25) is 14.7 Å². The highest BCUT2D eigenvalue weighted by Crippen LogP contribution is 2.27. The summed E-state index contributed by atoms with van der Waals surface area (Å²) < 4.78 is 13.0. The Labute approximate surface area is 186 Å². The van der Waals surface area contributed by atoms with E-state index in [9.17, 15) is 9.59 Å². The number of carbonyl (C=O) groups excluding carboxylic acids is 2. The number of amides is 3. The Morgan fingerprint density at radius 2 is 2.00 bits per heavy atom. The predicted molar refractivity (Wildman–Crippen MR) is 118 cm³/mol. The molecule has 1 atom stereocenters. The number of carbonyl (C=O) groups is 2. The van der Waals surface area contributed by atoms with Gasteiger partial charge in [-0.05, 0) is 57.9 Å². The van der Waals surface area contributed by atoms with Crippen LogP contribution in [0.1, 0.15) is 33.6 Å². The van der Waals surface area contributed by atoms with Crippen molar-refractivity contribution in [3.63, 3.8) is 0 Å². The van der Waals surface area contributed by atoms with E-state index >= 15 is 0 Å². The summed E-state index contributed by atoms with van der Waals surface area (Å²) in [4.78, 5) is 24.1. The van der Waals surface area contributed by atoms with Crippen LogP contribution in [0.2, 0.25) is 0 Å². The summed E-state index contributed by atoms with van der Waals surface area (Å²) in [5, 5.41) is 14.3. The third-order valence-corrected chi connectivity index (χ3v) is 5.52. The summed E-state index contributed by atoms with van der Waals surface area (Å²) in [5.41, 5.74) is 0.471. The van der Waals surface area contributed by atoms with Crippen molar-refractivity contribution in [2.75, 3.05) is 19.5 Å². The number of rotatable bonds is 7. The molecule has 9 nitrogen and oxygen atoms in total. The molecule has 1 aromatic carbocycles. The number of hydrogen-bond donors (Lipinski definition) is 2. The summed E-state index contributed by atoms with van der Waals surface area (Å²) in [6.07, 6.45) is 2.08. The van der Waals surface area contributed by atoms with E-state index in [4.69, 9.17) is 9.47 Å². The van der Waals surface area contributed by atoms with E-state index in [1.54, 1.807) is 7.11 Å². The Kier molecular flexibility index (Phi) is 7.55. The third-order valence-electron chi connectivity index (χ3n) is 4.55. The van der Waals surface area contributed by atoms with Gasteiger partial charge in [-0.25, -0.2) is 4.79 Å². The second kappa shape index (κ2) is 10.1. The number of imide groups is 1. The number of hydrogen-bond acceptors (Lipinski definition) is 7. The molecule has 1 unspecified atom stereocenters. The minimum atomic E-state index is -0.516. The number of thioether (sulfide) groups is 1.